The molecule has 6 heteroatoms. The standard InChI is InChI=1S/C16H20ClN3O2/c17-13-9-7-12(8-10-13)11-18-15(21)16(22)20-19-14-5-3-1-2-4-6-14/h7-10H,1-6,11H2,(H,18,21)(H,20,22). The number of carbonyl (C=O) groups is 2. The van der Waals surface area contributed by atoms with Crippen LogP contribution in [-0.2, 0) is 16.1 Å². The van der Waals surface area contributed by atoms with E-state index in [1.807, 2.05) is 0 Å². The minimum absolute atomic E-state index is 0.278. The molecule has 5 nitrogen and oxygen atoms in total. The van der Waals surface area contributed by atoms with Gasteiger partial charge in [-0.2, -0.15) is 5.10 Å². The number of nitrogens with zero attached hydrogens (tertiary/aromatic N) is 1. The molecule has 2 N–H and O–H groups in total. The van der Waals surface area contributed by atoms with Crippen molar-refractivity contribution in [1.82, 2.24) is 10.7 Å². The van der Waals surface area contributed by atoms with Crippen molar-refractivity contribution in [3.05, 3.63) is 34.9 Å². The maximum atomic E-state index is 11.7. The largest absolute Gasteiger partial charge is 0.344 e. The molecule has 118 valence electrons. The molecule has 0 atom stereocenters. The van der Waals surface area contributed by atoms with Gasteiger partial charge < -0.3 is 5.32 Å². The predicted octanol–water partition coefficient (Wildman–Crippen LogP) is 2.78. The lowest BCUT2D eigenvalue weighted by molar-refractivity contribution is -0.139. The molecule has 0 spiro atoms. The number of hydrogen-bond donors (Lipinski definition) is 2. The highest BCUT2D eigenvalue weighted by atomic mass is 35.5. The molecular weight excluding hydrogens is 302 g/mol. The number of benzene rings is 1. The van der Waals surface area contributed by atoms with Crippen LogP contribution in [-0.4, -0.2) is 17.5 Å². The van der Waals surface area contributed by atoms with Crippen LogP contribution >= 0.6 is 11.6 Å². The fourth-order valence-corrected chi connectivity index (χ4v) is 2.42. The highest BCUT2D eigenvalue weighted by Crippen LogP contribution is 2.14. The van der Waals surface area contributed by atoms with Crippen LogP contribution in [0.1, 0.15) is 44.1 Å². The molecule has 1 aromatic rings. The van der Waals surface area contributed by atoms with Crippen molar-refractivity contribution in [3.63, 3.8) is 0 Å². The Hall–Kier alpha value is -1.88. The number of carbonyl (C=O) groups excluding carboxylic acids is 2. The molecule has 2 amide bonds. The van der Waals surface area contributed by atoms with Crippen LogP contribution in [0.4, 0.5) is 0 Å². The molecule has 0 bridgehead atoms. The molecule has 1 saturated carbocycles. The first-order valence-corrected chi connectivity index (χ1v) is 7.91. The number of nitrogens with one attached hydrogen (secondary N) is 2. The summed E-state index contributed by atoms with van der Waals surface area (Å²) in [6, 6.07) is 7.07. The highest BCUT2D eigenvalue weighted by molar-refractivity contribution is 6.35. The number of hydrogen-bond acceptors (Lipinski definition) is 3. The van der Waals surface area contributed by atoms with Crippen molar-refractivity contribution in [2.75, 3.05) is 0 Å². The third-order valence-corrected chi connectivity index (χ3v) is 3.82. The van der Waals surface area contributed by atoms with Gasteiger partial charge in [0.1, 0.15) is 0 Å². The Bertz CT molecular complexity index is 545. The molecule has 1 aliphatic rings. The van der Waals surface area contributed by atoms with Gasteiger partial charge in [0.05, 0.1) is 0 Å². The van der Waals surface area contributed by atoms with Gasteiger partial charge in [0.15, 0.2) is 0 Å². The maximum Gasteiger partial charge on any atom is 0.329 e. The summed E-state index contributed by atoms with van der Waals surface area (Å²) in [5.74, 6) is -1.42. The normalized spacial score (nSPS) is 14.9. The number of rotatable bonds is 3. The van der Waals surface area contributed by atoms with E-state index in [2.05, 4.69) is 15.8 Å². The van der Waals surface area contributed by atoms with E-state index in [0.717, 1.165) is 37.0 Å². The fourth-order valence-electron chi connectivity index (χ4n) is 2.29. The van der Waals surface area contributed by atoms with Crippen molar-refractivity contribution in [2.45, 2.75) is 45.1 Å². The minimum Gasteiger partial charge on any atom is -0.344 e. The Kier molecular flexibility index (Phi) is 6.40. The van der Waals surface area contributed by atoms with Crippen LogP contribution in [0.5, 0.6) is 0 Å². The SMILES string of the molecule is O=C(NCc1ccc(Cl)cc1)C(=O)NN=C1CCCCCC1. The molecule has 22 heavy (non-hydrogen) atoms. The Balaban J connectivity index is 1.77. The van der Waals surface area contributed by atoms with E-state index in [0.29, 0.717) is 5.02 Å². The van der Waals surface area contributed by atoms with Gasteiger partial charge >= 0.3 is 11.8 Å². The van der Waals surface area contributed by atoms with Gasteiger partial charge in [0.2, 0.25) is 0 Å². The van der Waals surface area contributed by atoms with Crippen molar-refractivity contribution >= 4 is 29.1 Å². The third-order valence-electron chi connectivity index (χ3n) is 3.57. The summed E-state index contributed by atoms with van der Waals surface area (Å²) in [5.41, 5.74) is 4.19. The molecule has 2 rings (SSSR count). The van der Waals surface area contributed by atoms with Crippen molar-refractivity contribution < 1.29 is 9.59 Å². The van der Waals surface area contributed by atoms with Crippen LogP contribution in [0.2, 0.25) is 5.02 Å². The van der Waals surface area contributed by atoms with Crippen molar-refractivity contribution in [2.24, 2.45) is 5.10 Å². The van der Waals surface area contributed by atoms with Crippen LogP contribution < -0.4 is 10.7 Å². The van der Waals surface area contributed by atoms with E-state index in [-0.39, 0.29) is 6.54 Å². The molecule has 0 saturated heterocycles. The molecule has 0 aliphatic heterocycles. The summed E-state index contributed by atoms with van der Waals surface area (Å²) in [6.07, 6.45) is 6.39. The number of amides is 2. The quantitative estimate of drug-likeness (QED) is 0.510. The second kappa shape index (κ2) is 8.54. The number of halogens is 1. The van der Waals surface area contributed by atoms with Gasteiger partial charge in [-0.05, 0) is 43.4 Å². The van der Waals surface area contributed by atoms with E-state index in [1.165, 1.54) is 12.8 Å². The summed E-state index contributed by atoms with van der Waals surface area (Å²) < 4.78 is 0. The Morgan fingerprint density at radius 3 is 2.27 bits per heavy atom. The predicted molar refractivity (Wildman–Crippen MR) is 86.6 cm³/mol. The summed E-state index contributed by atoms with van der Waals surface area (Å²) in [6.45, 7) is 0.278. The van der Waals surface area contributed by atoms with Gasteiger partial charge in [0.25, 0.3) is 0 Å². The molecule has 1 aliphatic carbocycles. The highest BCUT2D eigenvalue weighted by Gasteiger charge is 2.13. The molecule has 1 aromatic carbocycles. The first-order chi connectivity index (χ1) is 10.6. The van der Waals surface area contributed by atoms with Crippen LogP contribution in [0.15, 0.2) is 29.4 Å². The van der Waals surface area contributed by atoms with Crippen molar-refractivity contribution in [3.8, 4) is 0 Å². The lowest BCUT2D eigenvalue weighted by Gasteiger charge is -2.05. The van der Waals surface area contributed by atoms with Gasteiger partial charge in [-0.25, -0.2) is 5.43 Å². The van der Waals surface area contributed by atoms with E-state index >= 15 is 0 Å². The zero-order valence-electron chi connectivity index (χ0n) is 12.4. The van der Waals surface area contributed by atoms with Gasteiger partial charge in [0, 0.05) is 17.3 Å². The molecular formula is C16H20ClN3O2. The average molecular weight is 322 g/mol. The molecule has 0 radical (unpaired) electrons. The second-order valence-corrected chi connectivity index (χ2v) is 5.78. The average Bonchev–Trinajstić information content (AvgIpc) is 2.80. The topological polar surface area (TPSA) is 70.6 Å². The summed E-state index contributed by atoms with van der Waals surface area (Å²) in [4.78, 5) is 23.4. The Morgan fingerprint density at radius 1 is 1.00 bits per heavy atom. The summed E-state index contributed by atoms with van der Waals surface area (Å²) in [5, 5.41) is 7.26. The molecule has 0 unspecified atom stereocenters. The lowest BCUT2D eigenvalue weighted by Crippen LogP contribution is -2.37. The van der Waals surface area contributed by atoms with E-state index in [1.54, 1.807) is 24.3 Å². The summed E-state index contributed by atoms with van der Waals surface area (Å²) >= 11 is 5.79. The smallest absolute Gasteiger partial charge is 0.329 e. The van der Waals surface area contributed by atoms with Gasteiger partial charge in [-0.3, -0.25) is 9.59 Å². The molecule has 0 heterocycles. The minimum atomic E-state index is -0.731. The number of hydrazone groups is 1. The molecule has 1 fully saturated rings. The first kappa shape index (κ1) is 16.5. The van der Waals surface area contributed by atoms with Gasteiger partial charge in [-0.15, -0.1) is 0 Å². The third kappa shape index (κ3) is 5.48. The van der Waals surface area contributed by atoms with Crippen LogP contribution in [0.25, 0.3) is 0 Å². The van der Waals surface area contributed by atoms with Crippen LogP contribution in [0.3, 0.4) is 0 Å². The monoisotopic (exact) mass is 321 g/mol. The van der Waals surface area contributed by atoms with E-state index in [9.17, 15) is 9.59 Å². The van der Waals surface area contributed by atoms with E-state index in [4.69, 9.17) is 11.6 Å². The Morgan fingerprint density at radius 2 is 1.64 bits per heavy atom. The fraction of sp³-hybridized carbons (Fsp3) is 0.438. The first-order valence-electron chi connectivity index (χ1n) is 7.53. The summed E-state index contributed by atoms with van der Waals surface area (Å²) in [7, 11) is 0. The molecule has 0 aromatic heterocycles. The zero-order chi connectivity index (χ0) is 15.8. The van der Waals surface area contributed by atoms with Crippen molar-refractivity contribution in [1.29, 1.82) is 0 Å². The Labute approximate surface area is 135 Å². The lowest BCUT2D eigenvalue weighted by atomic mass is 10.2. The van der Waals surface area contributed by atoms with E-state index < -0.39 is 11.8 Å². The second-order valence-electron chi connectivity index (χ2n) is 5.34. The van der Waals surface area contributed by atoms with Crippen LogP contribution in [0, 0.1) is 0 Å². The zero-order valence-corrected chi connectivity index (χ0v) is 13.2. The maximum absolute atomic E-state index is 11.7. The van der Waals surface area contributed by atoms with Gasteiger partial charge in [-0.1, -0.05) is 36.6 Å².